The molecule has 0 fully saturated rings. The van der Waals surface area contributed by atoms with E-state index in [4.69, 9.17) is 11.6 Å². The van der Waals surface area contributed by atoms with Crippen LogP contribution in [0.5, 0.6) is 0 Å². The smallest absolute Gasteiger partial charge is 0.172 e. The number of fused-ring (bicyclic) bond motifs is 5. The predicted octanol–water partition coefficient (Wildman–Crippen LogP) is 4.78. The van der Waals surface area contributed by atoms with Gasteiger partial charge in [-0.2, -0.15) is 0 Å². The van der Waals surface area contributed by atoms with Gasteiger partial charge < -0.3 is 0 Å². The van der Waals surface area contributed by atoms with E-state index in [0.717, 1.165) is 40.6 Å². The van der Waals surface area contributed by atoms with Gasteiger partial charge in [-0.1, -0.05) is 30.7 Å². The zero-order valence-corrected chi connectivity index (χ0v) is 14.7. The summed E-state index contributed by atoms with van der Waals surface area (Å²) in [4.78, 5) is 7.22. The normalized spacial score (nSPS) is 17.5. The third-order valence-electron chi connectivity index (χ3n) is 4.82. The fraction of sp³-hybridized carbons (Fsp3) is 0.278. The molecular formula is C18H15ClN4S. The van der Waals surface area contributed by atoms with Gasteiger partial charge in [0.1, 0.15) is 11.2 Å². The predicted molar refractivity (Wildman–Crippen MR) is 97.8 cm³/mol. The number of thiophene rings is 1. The van der Waals surface area contributed by atoms with Crippen LogP contribution in [0.1, 0.15) is 23.8 Å². The average molecular weight is 355 g/mol. The molecule has 6 heteroatoms. The summed E-state index contributed by atoms with van der Waals surface area (Å²) in [6.45, 7) is 2.32. The first-order chi connectivity index (χ1) is 11.7. The minimum absolute atomic E-state index is 0.674. The van der Waals surface area contributed by atoms with Crippen molar-refractivity contribution in [3.63, 3.8) is 0 Å². The Balaban J connectivity index is 1.80. The van der Waals surface area contributed by atoms with Crippen LogP contribution in [-0.2, 0) is 12.8 Å². The second-order valence-corrected chi connectivity index (χ2v) is 7.96. The first-order valence-corrected chi connectivity index (χ1v) is 9.30. The van der Waals surface area contributed by atoms with Gasteiger partial charge in [-0.25, -0.2) is 4.98 Å². The number of halogens is 1. The summed E-state index contributed by atoms with van der Waals surface area (Å²) in [5.41, 5.74) is 3.19. The number of hydrogen-bond acceptors (Lipinski definition) is 4. The molecule has 1 aromatic carbocycles. The van der Waals surface area contributed by atoms with Gasteiger partial charge in [0.25, 0.3) is 0 Å². The Kier molecular flexibility index (Phi) is 3.15. The number of hydrogen-bond donors (Lipinski definition) is 0. The highest BCUT2D eigenvalue weighted by atomic mass is 35.5. The Bertz CT molecular complexity index is 1080. The number of aryl methyl sites for hydroxylation is 1. The van der Waals surface area contributed by atoms with Crippen LogP contribution < -0.4 is 0 Å². The summed E-state index contributed by atoms with van der Waals surface area (Å²) in [5, 5.41) is 10.7. The largest absolute Gasteiger partial charge is 0.265 e. The zero-order valence-electron chi connectivity index (χ0n) is 13.2. The number of aromatic nitrogens is 4. The van der Waals surface area contributed by atoms with E-state index in [-0.39, 0.29) is 0 Å². The third-order valence-corrected chi connectivity index (χ3v) is 6.31. The van der Waals surface area contributed by atoms with Crippen molar-refractivity contribution in [2.75, 3.05) is 0 Å². The van der Waals surface area contributed by atoms with Gasteiger partial charge in [0, 0.05) is 10.4 Å². The Hall–Kier alpha value is -1.98. The van der Waals surface area contributed by atoms with Crippen LogP contribution >= 0.6 is 22.9 Å². The van der Waals surface area contributed by atoms with Gasteiger partial charge in [0.05, 0.1) is 10.4 Å². The second-order valence-electron chi connectivity index (χ2n) is 6.47. The van der Waals surface area contributed by atoms with Gasteiger partial charge in [0.15, 0.2) is 11.5 Å². The molecule has 0 amide bonds. The van der Waals surface area contributed by atoms with Crippen LogP contribution in [0.4, 0.5) is 0 Å². The molecule has 0 bridgehead atoms. The van der Waals surface area contributed by atoms with Crippen LogP contribution in [-0.4, -0.2) is 19.6 Å². The van der Waals surface area contributed by atoms with Crippen molar-refractivity contribution in [2.24, 2.45) is 5.92 Å². The molecule has 0 radical (unpaired) electrons. The van der Waals surface area contributed by atoms with Crippen molar-refractivity contribution >= 4 is 38.8 Å². The van der Waals surface area contributed by atoms with Gasteiger partial charge in [-0.05, 0) is 42.9 Å². The van der Waals surface area contributed by atoms with Gasteiger partial charge in [-0.3, -0.25) is 4.40 Å². The lowest BCUT2D eigenvalue weighted by Gasteiger charge is -2.17. The molecule has 0 aliphatic heterocycles. The van der Waals surface area contributed by atoms with Crippen molar-refractivity contribution in [3.8, 4) is 11.4 Å². The first-order valence-electron chi connectivity index (χ1n) is 8.11. The first kappa shape index (κ1) is 14.4. The third kappa shape index (κ3) is 2.01. The maximum absolute atomic E-state index is 6.35. The van der Waals surface area contributed by atoms with E-state index in [1.54, 1.807) is 0 Å². The Morgan fingerprint density at radius 3 is 3.00 bits per heavy atom. The molecule has 0 saturated carbocycles. The highest BCUT2D eigenvalue weighted by Crippen LogP contribution is 2.39. The van der Waals surface area contributed by atoms with E-state index < -0.39 is 0 Å². The van der Waals surface area contributed by atoms with Crippen molar-refractivity contribution in [3.05, 3.63) is 46.1 Å². The Morgan fingerprint density at radius 1 is 1.25 bits per heavy atom. The fourth-order valence-electron chi connectivity index (χ4n) is 3.57. The summed E-state index contributed by atoms with van der Waals surface area (Å²) >= 11 is 8.15. The topological polar surface area (TPSA) is 43.1 Å². The molecule has 24 heavy (non-hydrogen) atoms. The van der Waals surface area contributed by atoms with E-state index in [1.807, 2.05) is 46.3 Å². The highest BCUT2D eigenvalue weighted by molar-refractivity contribution is 7.19. The van der Waals surface area contributed by atoms with Crippen molar-refractivity contribution < 1.29 is 0 Å². The van der Waals surface area contributed by atoms with E-state index in [1.165, 1.54) is 22.2 Å². The fourth-order valence-corrected chi connectivity index (χ4v) is 5.13. The molecule has 4 nitrogen and oxygen atoms in total. The molecular weight excluding hydrogens is 340 g/mol. The molecule has 1 atom stereocenters. The summed E-state index contributed by atoms with van der Waals surface area (Å²) in [5.74, 6) is 1.49. The number of nitrogens with zero attached hydrogens (tertiary/aromatic N) is 4. The minimum Gasteiger partial charge on any atom is -0.265 e. The number of rotatable bonds is 1. The summed E-state index contributed by atoms with van der Waals surface area (Å²) in [6.07, 6.45) is 5.30. The Labute approximate surface area is 148 Å². The standard InChI is InChI=1S/C18H15ClN4S/c1-10-6-7-12-14(8-10)24-18-15(12)17-22-21-16(23(17)9-20-18)11-4-2-3-5-13(11)19/h2-5,9-10H,6-8H2,1H3/t10-/m0/s1. The maximum Gasteiger partial charge on any atom is 0.172 e. The quantitative estimate of drug-likeness (QED) is 0.494. The average Bonchev–Trinajstić information content (AvgIpc) is 3.15. The molecule has 120 valence electrons. The summed E-state index contributed by atoms with van der Waals surface area (Å²) < 4.78 is 1.97. The lowest BCUT2D eigenvalue weighted by molar-refractivity contribution is 0.509. The molecule has 1 aliphatic carbocycles. The van der Waals surface area contributed by atoms with Gasteiger partial charge in [-0.15, -0.1) is 21.5 Å². The molecule has 1 aliphatic rings. The van der Waals surface area contributed by atoms with E-state index in [0.29, 0.717) is 5.02 Å². The molecule has 0 saturated heterocycles. The van der Waals surface area contributed by atoms with Crippen LogP contribution in [0, 0.1) is 5.92 Å². The van der Waals surface area contributed by atoms with Crippen LogP contribution in [0.2, 0.25) is 5.02 Å². The van der Waals surface area contributed by atoms with Crippen molar-refractivity contribution in [1.82, 2.24) is 19.6 Å². The minimum atomic E-state index is 0.674. The molecule has 3 heterocycles. The molecule has 5 rings (SSSR count). The van der Waals surface area contributed by atoms with Crippen molar-refractivity contribution in [1.29, 1.82) is 0 Å². The van der Waals surface area contributed by atoms with Crippen molar-refractivity contribution in [2.45, 2.75) is 26.2 Å². The summed E-state index contributed by atoms with van der Waals surface area (Å²) in [7, 11) is 0. The number of benzene rings is 1. The lowest BCUT2D eigenvalue weighted by atomic mass is 9.89. The summed E-state index contributed by atoms with van der Waals surface area (Å²) in [6, 6.07) is 7.72. The molecule has 3 aromatic heterocycles. The van der Waals surface area contributed by atoms with E-state index >= 15 is 0 Å². The van der Waals surface area contributed by atoms with Crippen LogP contribution in [0.3, 0.4) is 0 Å². The lowest BCUT2D eigenvalue weighted by Crippen LogP contribution is -2.08. The Morgan fingerprint density at radius 2 is 2.12 bits per heavy atom. The second kappa shape index (κ2) is 5.26. The van der Waals surface area contributed by atoms with Gasteiger partial charge in [0.2, 0.25) is 0 Å². The maximum atomic E-state index is 6.35. The molecule has 0 N–H and O–H groups in total. The molecule has 0 unspecified atom stereocenters. The monoisotopic (exact) mass is 354 g/mol. The van der Waals surface area contributed by atoms with Crippen LogP contribution in [0.25, 0.3) is 27.3 Å². The van der Waals surface area contributed by atoms with Crippen LogP contribution in [0.15, 0.2) is 30.6 Å². The van der Waals surface area contributed by atoms with Gasteiger partial charge >= 0.3 is 0 Å². The highest BCUT2D eigenvalue weighted by Gasteiger charge is 2.24. The van der Waals surface area contributed by atoms with E-state index in [2.05, 4.69) is 22.1 Å². The van der Waals surface area contributed by atoms with E-state index in [9.17, 15) is 0 Å². The zero-order chi connectivity index (χ0) is 16.3. The molecule has 4 aromatic rings. The SMILES string of the molecule is C[C@H]1CCc2c(sc3ncn4c(-c5ccccc5Cl)nnc4c23)C1. The molecule has 0 spiro atoms.